The minimum absolute atomic E-state index is 0.0122. The first-order valence-corrected chi connectivity index (χ1v) is 9.51. The molecule has 1 heterocycles. The Kier molecular flexibility index (Phi) is 3.94. The van der Waals surface area contributed by atoms with Gasteiger partial charge in [-0.1, -0.05) is 66.7 Å². The van der Waals surface area contributed by atoms with Crippen LogP contribution in [-0.2, 0) is 4.79 Å². The molecule has 28 heavy (non-hydrogen) atoms. The van der Waals surface area contributed by atoms with Crippen LogP contribution in [-0.4, -0.2) is 17.7 Å². The van der Waals surface area contributed by atoms with Crippen molar-refractivity contribution in [3.63, 3.8) is 0 Å². The molecule has 0 N–H and O–H groups in total. The van der Waals surface area contributed by atoms with Crippen LogP contribution in [0.3, 0.4) is 0 Å². The van der Waals surface area contributed by atoms with E-state index in [4.69, 9.17) is 0 Å². The SMILES string of the molecule is O=C1C=C(c2ccccc2)C[C@H]2c3ccccc3C(=O)N(c3ccccc3)[C@H]12. The molecular weight excluding hydrogens is 346 g/mol. The number of rotatable bonds is 2. The number of hydrogen-bond donors (Lipinski definition) is 0. The van der Waals surface area contributed by atoms with Crippen LogP contribution in [0.4, 0.5) is 5.69 Å². The smallest absolute Gasteiger partial charge is 0.259 e. The highest BCUT2D eigenvalue weighted by molar-refractivity contribution is 6.16. The fourth-order valence-corrected chi connectivity index (χ4v) is 4.44. The number of hydrogen-bond acceptors (Lipinski definition) is 2. The van der Waals surface area contributed by atoms with E-state index in [-0.39, 0.29) is 17.6 Å². The van der Waals surface area contributed by atoms with Gasteiger partial charge < -0.3 is 0 Å². The van der Waals surface area contributed by atoms with Gasteiger partial charge in [0.05, 0.1) is 0 Å². The van der Waals surface area contributed by atoms with Gasteiger partial charge in [0.25, 0.3) is 5.91 Å². The van der Waals surface area contributed by atoms with Crippen LogP contribution in [0.1, 0.15) is 33.8 Å². The van der Waals surface area contributed by atoms with Gasteiger partial charge in [0.15, 0.2) is 5.78 Å². The summed E-state index contributed by atoms with van der Waals surface area (Å²) in [5.74, 6) is -0.170. The largest absolute Gasteiger partial charge is 0.297 e. The van der Waals surface area contributed by atoms with Crippen molar-refractivity contribution in [3.05, 3.63) is 108 Å². The fraction of sp³-hybridized carbons (Fsp3) is 0.120. The number of anilines is 1. The zero-order valence-electron chi connectivity index (χ0n) is 15.3. The van der Waals surface area contributed by atoms with Gasteiger partial charge in [-0.05, 0) is 47.4 Å². The second kappa shape index (κ2) is 6.61. The van der Waals surface area contributed by atoms with Crippen molar-refractivity contribution in [3.8, 4) is 0 Å². The first-order chi connectivity index (χ1) is 13.7. The molecule has 1 amide bonds. The van der Waals surface area contributed by atoms with Crippen LogP contribution in [0, 0.1) is 0 Å². The summed E-state index contributed by atoms with van der Waals surface area (Å²) < 4.78 is 0. The Hall–Kier alpha value is -3.46. The summed E-state index contributed by atoms with van der Waals surface area (Å²) in [6.07, 6.45) is 2.46. The van der Waals surface area contributed by atoms with Gasteiger partial charge in [-0.3, -0.25) is 14.5 Å². The molecule has 3 aromatic rings. The van der Waals surface area contributed by atoms with E-state index >= 15 is 0 Å². The number of benzene rings is 3. The molecule has 0 fully saturated rings. The Morgan fingerprint density at radius 1 is 0.750 bits per heavy atom. The predicted octanol–water partition coefficient (Wildman–Crippen LogP) is 4.86. The van der Waals surface area contributed by atoms with Crippen LogP contribution >= 0.6 is 0 Å². The number of nitrogens with zero attached hydrogens (tertiary/aromatic N) is 1. The number of carbonyl (C=O) groups excluding carboxylic acids is 2. The third-order valence-electron chi connectivity index (χ3n) is 5.70. The van der Waals surface area contributed by atoms with E-state index in [1.807, 2.05) is 84.9 Å². The number of fused-ring (bicyclic) bond motifs is 3. The Bertz CT molecular complexity index is 1090. The van der Waals surface area contributed by atoms with Gasteiger partial charge in [0.2, 0.25) is 0 Å². The maximum Gasteiger partial charge on any atom is 0.259 e. The van der Waals surface area contributed by atoms with Crippen molar-refractivity contribution >= 4 is 23.0 Å². The van der Waals surface area contributed by atoms with E-state index < -0.39 is 6.04 Å². The summed E-state index contributed by atoms with van der Waals surface area (Å²) in [6, 6.07) is 26.7. The lowest BCUT2D eigenvalue weighted by Gasteiger charge is -2.43. The van der Waals surface area contributed by atoms with Crippen molar-refractivity contribution in [1.29, 1.82) is 0 Å². The molecule has 136 valence electrons. The first-order valence-electron chi connectivity index (χ1n) is 9.51. The minimum atomic E-state index is -0.503. The number of ketones is 1. The standard InChI is InChI=1S/C25H19NO2/c27-23-16-18(17-9-3-1-4-10-17)15-22-20-13-7-8-14-21(20)25(28)26(24(22)23)19-11-5-2-6-12-19/h1-14,16,22,24H,15H2/t22-,24-/m0/s1. The van der Waals surface area contributed by atoms with Crippen molar-refractivity contribution in [1.82, 2.24) is 0 Å². The highest BCUT2D eigenvalue weighted by Gasteiger charge is 2.45. The summed E-state index contributed by atoms with van der Waals surface area (Å²) in [6.45, 7) is 0. The van der Waals surface area contributed by atoms with Crippen LogP contribution in [0.25, 0.3) is 5.57 Å². The van der Waals surface area contributed by atoms with Crippen LogP contribution in [0.5, 0.6) is 0 Å². The molecule has 0 bridgehead atoms. The normalized spacial score (nSPS) is 21.0. The van der Waals surface area contributed by atoms with Crippen LogP contribution < -0.4 is 4.90 Å². The summed E-state index contributed by atoms with van der Waals surface area (Å²) in [7, 11) is 0. The minimum Gasteiger partial charge on any atom is -0.297 e. The molecule has 0 radical (unpaired) electrons. The summed E-state index contributed by atoms with van der Waals surface area (Å²) >= 11 is 0. The number of carbonyl (C=O) groups is 2. The summed E-state index contributed by atoms with van der Waals surface area (Å²) in [5, 5.41) is 0. The zero-order valence-corrected chi connectivity index (χ0v) is 15.3. The van der Waals surface area contributed by atoms with Crippen LogP contribution in [0.2, 0.25) is 0 Å². The fourth-order valence-electron chi connectivity index (χ4n) is 4.44. The lowest BCUT2D eigenvalue weighted by molar-refractivity contribution is -0.116. The maximum atomic E-state index is 13.3. The van der Waals surface area contributed by atoms with Gasteiger partial charge in [-0.2, -0.15) is 0 Å². The van der Waals surface area contributed by atoms with E-state index in [2.05, 4.69) is 0 Å². The third kappa shape index (κ3) is 2.59. The van der Waals surface area contributed by atoms with E-state index in [1.54, 1.807) is 11.0 Å². The molecule has 0 aromatic heterocycles. The van der Waals surface area contributed by atoms with Crippen molar-refractivity contribution < 1.29 is 9.59 Å². The second-order valence-corrected chi connectivity index (χ2v) is 7.29. The molecule has 0 unspecified atom stereocenters. The van der Waals surface area contributed by atoms with Gasteiger partial charge in [0, 0.05) is 17.2 Å². The Morgan fingerprint density at radius 3 is 2.14 bits per heavy atom. The number of para-hydroxylation sites is 1. The molecule has 5 rings (SSSR count). The lowest BCUT2D eigenvalue weighted by Crippen LogP contribution is -2.53. The molecular formula is C25H19NO2. The van der Waals surface area contributed by atoms with Crippen molar-refractivity contribution in [2.24, 2.45) is 0 Å². The lowest BCUT2D eigenvalue weighted by atomic mass is 9.73. The van der Waals surface area contributed by atoms with E-state index in [9.17, 15) is 9.59 Å². The van der Waals surface area contributed by atoms with E-state index in [0.29, 0.717) is 5.56 Å². The molecule has 1 aliphatic heterocycles. The van der Waals surface area contributed by atoms with Gasteiger partial charge in [0.1, 0.15) is 6.04 Å². The number of amides is 1. The quantitative estimate of drug-likeness (QED) is 0.651. The van der Waals surface area contributed by atoms with Crippen molar-refractivity contribution in [2.75, 3.05) is 4.90 Å². The first kappa shape index (κ1) is 16.7. The van der Waals surface area contributed by atoms with Gasteiger partial charge >= 0.3 is 0 Å². The third-order valence-corrected chi connectivity index (χ3v) is 5.70. The molecule has 3 heteroatoms. The van der Waals surface area contributed by atoms with Crippen LogP contribution in [0.15, 0.2) is 91.0 Å². The van der Waals surface area contributed by atoms with E-state index in [0.717, 1.165) is 28.8 Å². The van der Waals surface area contributed by atoms with E-state index in [1.165, 1.54) is 0 Å². The Morgan fingerprint density at radius 2 is 1.39 bits per heavy atom. The molecule has 3 aromatic carbocycles. The molecule has 0 saturated carbocycles. The van der Waals surface area contributed by atoms with Gasteiger partial charge in [-0.25, -0.2) is 0 Å². The molecule has 0 spiro atoms. The average Bonchev–Trinajstić information content (AvgIpc) is 2.76. The monoisotopic (exact) mass is 365 g/mol. The molecule has 3 nitrogen and oxygen atoms in total. The van der Waals surface area contributed by atoms with Gasteiger partial charge in [-0.15, -0.1) is 0 Å². The highest BCUT2D eigenvalue weighted by atomic mass is 16.2. The Balaban J connectivity index is 1.67. The number of allylic oxidation sites excluding steroid dienone is 1. The Labute approximate surface area is 163 Å². The second-order valence-electron chi connectivity index (χ2n) is 7.29. The summed E-state index contributed by atoms with van der Waals surface area (Å²) in [4.78, 5) is 28.3. The highest BCUT2D eigenvalue weighted by Crippen LogP contribution is 2.44. The van der Waals surface area contributed by atoms with Crippen molar-refractivity contribution in [2.45, 2.75) is 18.4 Å². The average molecular weight is 365 g/mol. The predicted molar refractivity (Wildman–Crippen MR) is 110 cm³/mol. The topological polar surface area (TPSA) is 37.4 Å². The summed E-state index contributed by atoms with van der Waals surface area (Å²) in [5.41, 5.74) is 4.52. The molecule has 2 aliphatic rings. The molecule has 0 saturated heterocycles. The zero-order chi connectivity index (χ0) is 19.1. The molecule has 2 atom stereocenters. The maximum absolute atomic E-state index is 13.3. The molecule has 1 aliphatic carbocycles.